The molecular formula is C28H16O5. The van der Waals surface area contributed by atoms with E-state index in [2.05, 4.69) is 0 Å². The summed E-state index contributed by atoms with van der Waals surface area (Å²) in [5.74, 6) is 1.01. The summed E-state index contributed by atoms with van der Waals surface area (Å²) < 4.78 is 12.7. The zero-order valence-corrected chi connectivity index (χ0v) is 17.2. The molecule has 0 bridgehead atoms. The van der Waals surface area contributed by atoms with Crippen LogP contribution in [0.3, 0.4) is 0 Å². The van der Waals surface area contributed by atoms with Gasteiger partial charge in [-0.1, -0.05) is 36.4 Å². The highest BCUT2D eigenvalue weighted by Crippen LogP contribution is 2.58. The summed E-state index contributed by atoms with van der Waals surface area (Å²) in [6, 6.07) is 25.2. The highest BCUT2D eigenvalue weighted by atomic mass is 16.6. The standard InChI is InChI=1S/C28H16O5/c29-17-9-10-18-16(12-17)8-11-22-26(18)32-25-13-15-4-3-7-24(30)20(15)14-23(25)28(22)21-6-2-1-5-19(21)27(31)33-28/h1-14,29-30H. The van der Waals surface area contributed by atoms with Gasteiger partial charge >= 0.3 is 5.97 Å². The number of benzene rings is 5. The topological polar surface area (TPSA) is 76.0 Å². The van der Waals surface area contributed by atoms with Crippen LogP contribution in [-0.4, -0.2) is 16.2 Å². The Bertz CT molecular complexity index is 1670. The number of hydrogen-bond donors (Lipinski definition) is 2. The van der Waals surface area contributed by atoms with Gasteiger partial charge in [0.1, 0.15) is 23.0 Å². The van der Waals surface area contributed by atoms with E-state index in [0.717, 1.165) is 21.7 Å². The van der Waals surface area contributed by atoms with Crippen molar-refractivity contribution in [3.8, 4) is 23.0 Å². The summed E-state index contributed by atoms with van der Waals surface area (Å²) >= 11 is 0. The fourth-order valence-electron chi connectivity index (χ4n) is 5.20. The molecule has 0 amide bonds. The molecule has 158 valence electrons. The zero-order valence-electron chi connectivity index (χ0n) is 17.2. The number of hydrogen-bond acceptors (Lipinski definition) is 5. The third-order valence-electron chi connectivity index (χ3n) is 6.65. The van der Waals surface area contributed by atoms with Crippen molar-refractivity contribution in [2.24, 2.45) is 0 Å². The van der Waals surface area contributed by atoms with Gasteiger partial charge in [-0.15, -0.1) is 0 Å². The Hall–Kier alpha value is -4.51. The number of phenols is 2. The molecule has 5 nitrogen and oxygen atoms in total. The van der Waals surface area contributed by atoms with Gasteiger partial charge < -0.3 is 19.7 Å². The molecule has 5 heteroatoms. The van der Waals surface area contributed by atoms with E-state index >= 15 is 0 Å². The molecule has 33 heavy (non-hydrogen) atoms. The number of rotatable bonds is 0. The lowest BCUT2D eigenvalue weighted by molar-refractivity contribution is 0.0226. The number of phenolic OH excluding ortho intramolecular Hbond substituents is 2. The average Bonchev–Trinajstić information content (AvgIpc) is 3.11. The van der Waals surface area contributed by atoms with Crippen LogP contribution < -0.4 is 4.74 Å². The third kappa shape index (κ3) is 2.23. The molecule has 2 aliphatic rings. The molecule has 0 aliphatic carbocycles. The van der Waals surface area contributed by atoms with Gasteiger partial charge in [-0.25, -0.2) is 4.79 Å². The first-order chi connectivity index (χ1) is 16.1. The van der Waals surface area contributed by atoms with E-state index in [9.17, 15) is 15.0 Å². The van der Waals surface area contributed by atoms with Crippen LogP contribution in [0.2, 0.25) is 0 Å². The fourth-order valence-corrected chi connectivity index (χ4v) is 5.20. The lowest BCUT2D eigenvalue weighted by Crippen LogP contribution is -2.33. The minimum absolute atomic E-state index is 0.142. The van der Waals surface area contributed by atoms with E-state index in [1.165, 1.54) is 0 Å². The molecule has 0 fully saturated rings. The van der Waals surface area contributed by atoms with Crippen LogP contribution in [-0.2, 0) is 10.3 Å². The second-order valence-corrected chi connectivity index (χ2v) is 8.41. The molecule has 5 aromatic rings. The first kappa shape index (κ1) is 18.1. The smallest absolute Gasteiger partial charge is 0.340 e. The molecule has 7 rings (SSSR count). The zero-order chi connectivity index (χ0) is 22.3. The minimum atomic E-state index is -1.22. The maximum atomic E-state index is 13.1. The van der Waals surface area contributed by atoms with Gasteiger partial charge in [0.25, 0.3) is 0 Å². The van der Waals surface area contributed by atoms with Crippen molar-refractivity contribution in [3.05, 3.63) is 107 Å². The van der Waals surface area contributed by atoms with E-state index in [4.69, 9.17) is 9.47 Å². The van der Waals surface area contributed by atoms with Crippen LogP contribution in [0.25, 0.3) is 21.5 Å². The molecule has 2 heterocycles. The van der Waals surface area contributed by atoms with Crippen LogP contribution in [0.5, 0.6) is 23.0 Å². The highest BCUT2D eigenvalue weighted by Gasteiger charge is 2.53. The number of carbonyl (C=O) groups is 1. The van der Waals surface area contributed by atoms with Crippen molar-refractivity contribution in [2.75, 3.05) is 0 Å². The van der Waals surface area contributed by atoms with Gasteiger partial charge in [0.15, 0.2) is 5.60 Å². The van der Waals surface area contributed by atoms with Crippen molar-refractivity contribution in [2.45, 2.75) is 5.60 Å². The van der Waals surface area contributed by atoms with Crippen molar-refractivity contribution >= 4 is 27.5 Å². The molecule has 1 atom stereocenters. The molecule has 0 saturated carbocycles. The SMILES string of the molecule is O=C1OC2(c3cc4c(O)cccc4cc3Oc3c2ccc2cc(O)ccc32)c2ccccc21. The average molecular weight is 432 g/mol. The van der Waals surface area contributed by atoms with Gasteiger partial charge in [0, 0.05) is 27.5 Å². The molecule has 2 N–H and O–H groups in total. The van der Waals surface area contributed by atoms with Crippen LogP contribution in [0.4, 0.5) is 0 Å². The molecule has 0 radical (unpaired) electrons. The molecular weight excluding hydrogens is 416 g/mol. The minimum Gasteiger partial charge on any atom is -0.508 e. The van der Waals surface area contributed by atoms with E-state index in [1.807, 2.05) is 48.5 Å². The number of esters is 1. The first-order valence-electron chi connectivity index (χ1n) is 10.6. The predicted molar refractivity (Wildman–Crippen MR) is 123 cm³/mol. The summed E-state index contributed by atoms with van der Waals surface area (Å²) in [6.07, 6.45) is 0. The second-order valence-electron chi connectivity index (χ2n) is 8.41. The molecule has 0 aromatic heterocycles. The van der Waals surface area contributed by atoms with Crippen LogP contribution in [0.1, 0.15) is 27.0 Å². The normalized spacial score (nSPS) is 18.0. The third-order valence-corrected chi connectivity index (χ3v) is 6.65. The van der Waals surface area contributed by atoms with E-state index in [1.54, 1.807) is 36.4 Å². The van der Waals surface area contributed by atoms with Crippen molar-refractivity contribution in [1.82, 2.24) is 0 Å². The Balaban J connectivity index is 1.65. The molecule has 2 aliphatic heterocycles. The lowest BCUT2D eigenvalue weighted by Gasteiger charge is -2.37. The summed E-state index contributed by atoms with van der Waals surface area (Å²) in [4.78, 5) is 13.1. The Kier molecular flexibility index (Phi) is 3.32. The van der Waals surface area contributed by atoms with Gasteiger partial charge in [-0.2, -0.15) is 0 Å². The van der Waals surface area contributed by atoms with Gasteiger partial charge in [-0.05, 0) is 59.3 Å². The maximum absolute atomic E-state index is 13.1. The van der Waals surface area contributed by atoms with Crippen molar-refractivity contribution < 1.29 is 24.5 Å². The number of ether oxygens (including phenoxy) is 2. The van der Waals surface area contributed by atoms with Crippen LogP contribution in [0.15, 0.2) is 84.9 Å². The van der Waals surface area contributed by atoms with E-state index in [-0.39, 0.29) is 11.5 Å². The van der Waals surface area contributed by atoms with Crippen LogP contribution >= 0.6 is 0 Å². The molecule has 5 aromatic carbocycles. The fraction of sp³-hybridized carbons (Fsp3) is 0.0357. The summed E-state index contributed by atoms with van der Waals surface area (Å²) in [5, 5.41) is 23.6. The van der Waals surface area contributed by atoms with Crippen LogP contribution in [0, 0.1) is 0 Å². The largest absolute Gasteiger partial charge is 0.508 e. The Morgan fingerprint density at radius 3 is 2.45 bits per heavy atom. The monoisotopic (exact) mass is 432 g/mol. The van der Waals surface area contributed by atoms with Crippen molar-refractivity contribution in [1.29, 1.82) is 0 Å². The molecule has 1 spiro atoms. The Labute approximate surface area is 188 Å². The second kappa shape index (κ2) is 6.04. The van der Waals surface area contributed by atoms with Gasteiger partial charge in [0.2, 0.25) is 0 Å². The summed E-state index contributed by atoms with van der Waals surface area (Å²) in [5.41, 5.74) is 1.36. The molecule has 0 saturated heterocycles. The van der Waals surface area contributed by atoms with Crippen molar-refractivity contribution in [3.63, 3.8) is 0 Å². The first-order valence-corrected chi connectivity index (χ1v) is 10.6. The lowest BCUT2D eigenvalue weighted by atomic mass is 9.76. The van der Waals surface area contributed by atoms with Gasteiger partial charge in [0.05, 0.1) is 5.56 Å². The maximum Gasteiger partial charge on any atom is 0.340 e. The summed E-state index contributed by atoms with van der Waals surface area (Å²) in [7, 11) is 0. The highest BCUT2D eigenvalue weighted by molar-refractivity contribution is 6.00. The van der Waals surface area contributed by atoms with E-state index in [0.29, 0.717) is 33.6 Å². The Morgan fingerprint density at radius 2 is 1.55 bits per heavy atom. The summed E-state index contributed by atoms with van der Waals surface area (Å²) in [6.45, 7) is 0. The Morgan fingerprint density at radius 1 is 0.697 bits per heavy atom. The van der Waals surface area contributed by atoms with E-state index < -0.39 is 11.6 Å². The number of aromatic hydroxyl groups is 2. The quantitative estimate of drug-likeness (QED) is 0.295. The predicted octanol–water partition coefficient (Wildman–Crippen LogP) is 5.97. The number of fused-ring (bicyclic) bond motifs is 9. The van der Waals surface area contributed by atoms with Gasteiger partial charge in [-0.3, -0.25) is 0 Å². The molecule has 1 unspecified atom stereocenters. The number of carbonyl (C=O) groups excluding carboxylic acids is 1.